The summed E-state index contributed by atoms with van der Waals surface area (Å²) in [6, 6.07) is 3.67. The van der Waals surface area contributed by atoms with Gasteiger partial charge in [0.25, 0.3) is 0 Å². The molecular formula is C21H26N6O2. The van der Waals surface area contributed by atoms with E-state index in [1.807, 2.05) is 12.1 Å². The van der Waals surface area contributed by atoms with Crippen molar-refractivity contribution in [3.8, 4) is 11.6 Å². The summed E-state index contributed by atoms with van der Waals surface area (Å²) in [7, 11) is 0. The van der Waals surface area contributed by atoms with E-state index < -0.39 is 0 Å². The maximum Gasteiger partial charge on any atom is 0.241 e. The van der Waals surface area contributed by atoms with Gasteiger partial charge in [0.2, 0.25) is 11.7 Å². The first-order valence-corrected chi connectivity index (χ1v) is 10.8. The fourth-order valence-electron chi connectivity index (χ4n) is 5.20. The van der Waals surface area contributed by atoms with Gasteiger partial charge >= 0.3 is 0 Å². The van der Waals surface area contributed by atoms with Crippen LogP contribution in [0.3, 0.4) is 0 Å². The molecular weight excluding hydrogens is 368 g/mol. The summed E-state index contributed by atoms with van der Waals surface area (Å²) >= 11 is 0. The lowest BCUT2D eigenvalue weighted by Crippen LogP contribution is -2.34. The molecule has 1 saturated carbocycles. The lowest BCUT2D eigenvalue weighted by molar-refractivity contribution is 0.145. The first-order valence-electron chi connectivity index (χ1n) is 10.8. The van der Waals surface area contributed by atoms with E-state index >= 15 is 0 Å². The molecule has 2 aliphatic heterocycles. The number of fused-ring (bicyclic) bond motifs is 1. The molecule has 0 N–H and O–H groups in total. The largest absolute Gasteiger partial charge is 0.461 e. The highest BCUT2D eigenvalue weighted by Crippen LogP contribution is 2.64. The molecule has 0 radical (unpaired) electrons. The van der Waals surface area contributed by atoms with Crippen LogP contribution in [0.1, 0.15) is 62.0 Å². The van der Waals surface area contributed by atoms with Crippen LogP contribution in [-0.2, 0) is 19.5 Å². The van der Waals surface area contributed by atoms with Crippen molar-refractivity contribution in [1.82, 2.24) is 29.8 Å². The Morgan fingerprint density at radius 2 is 2.03 bits per heavy atom. The number of aromatic nitrogens is 5. The summed E-state index contributed by atoms with van der Waals surface area (Å²) < 4.78 is 13.2. The number of hydrogen-bond donors (Lipinski definition) is 0. The molecule has 1 aliphatic carbocycles. The van der Waals surface area contributed by atoms with Crippen LogP contribution >= 0.6 is 0 Å². The van der Waals surface area contributed by atoms with E-state index in [0.717, 1.165) is 26.1 Å². The van der Waals surface area contributed by atoms with Gasteiger partial charge in [-0.25, -0.2) is 0 Å². The molecule has 5 heterocycles. The van der Waals surface area contributed by atoms with E-state index in [0.29, 0.717) is 35.4 Å². The van der Waals surface area contributed by atoms with Gasteiger partial charge in [0.1, 0.15) is 11.6 Å². The van der Waals surface area contributed by atoms with Crippen molar-refractivity contribution < 1.29 is 8.94 Å². The van der Waals surface area contributed by atoms with Gasteiger partial charge in [-0.2, -0.15) is 4.98 Å². The molecule has 29 heavy (non-hydrogen) atoms. The number of furan rings is 1. The molecule has 1 spiro atoms. The molecule has 1 atom stereocenters. The predicted molar refractivity (Wildman–Crippen MR) is 104 cm³/mol. The average molecular weight is 394 g/mol. The first kappa shape index (κ1) is 17.4. The second kappa shape index (κ2) is 6.79. The standard InChI is InChI=1S/C21H26N6O2/c1-2-6-17-23-24-20(27(17)9-3-1)15-13-21(15)7-10-26(11-8-21)14-18-22-19(25-29-18)16-5-4-12-28-16/h4-5,12,15H,1-3,6-11,13-14H2. The summed E-state index contributed by atoms with van der Waals surface area (Å²) in [6.45, 7) is 3.94. The smallest absolute Gasteiger partial charge is 0.241 e. The number of likely N-dealkylation sites (tertiary alicyclic amines) is 1. The van der Waals surface area contributed by atoms with Crippen molar-refractivity contribution in [1.29, 1.82) is 0 Å². The molecule has 0 amide bonds. The Bertz CT molecular complexity index is 983. The Hall–Kier alpha value is -2.48. The van der Waals surface area contributed by atoms with E-state index in [1.54, 1.807) is 6.26 Å². The number of aryl methyl sites for hydroxylation is 1. The molecule has 6 rings (SSSR count). The SMILES string of the molecule is c1coc(-c2noc(CN3CCC4(CC3)CC4c3nnc4n3CCCCC4)n2)c1. The fourth-order valence-corrected chi connectivity index (χ4v) is 5.20. The van der Waals surface area contributed by atoms with Gasteiger partial charge in [0, 0.05) is 18.9 Å². The van der Waals surface area contributed by atoms with E-state index in [9.17, 15) is 0 Å². The first-order chi connectivity index (χ1) is 14.3. The molecule has 1 saturated heterocycles. The molecule has 0 aromatic carbocycles. The highest BCUT2D eigenvalue weighted by atomic mass is 16.5. The minimum atomic E-state index is 0.431. The highest BCUT2D eigenvalue weighted by Gasteiger charge is 2.57. The van der Waals surface area contributed by atoms with Gasteiger partial charge in [-0.1, -0.05) is 11.6 Å². The second-order valence-electron chi connectivity index (χ2n) is 8.82. The van der Waals surface area contributed by atoms with Gasteiger partial charge < -0.3 is 13.5 Å². The Morgan fingerprint density at radius 3 is 2.90 bits per heavy atom. The Kier molecular flexibility index (Phi) is 4.07. The molecule has 3 aromatic heterocycles. The summed E-state index contributed by atoms with van der Waals surface area (Å²) in [5.74, 6) is 4.88. The highest BCUT2D eigenvalue weighted by molar-refractivity contribution is 5.44. The van der Waals surface area contributed by atoms with Crippen LogP contribution in [0.2, 0.25) is 0 Å². The van der Waals surface area contributed by atoms with Gasteiger partial charge in [-0.3, -0.25) is 4.90 Å². The maximum atomic E-state index is 5.43. The van der Waals surface area contributed by atoms with E-state index in [-0.39, 0.29) is 0 Å². The molecule has 3 aromatic rings. The average Bonchev–Trinajstić information content (AvgIpc) is 3.15. The van der Waals surface area contributed by atoms with Crippen LogP contribution in [-0.4, -0.2) is 42.9 Å². The molecule has 3 aliphatic rings. The van der Waals surface area contributed by atoms with Crippen LogP contribution in [0.4, 0.5) is 0 Å². The van der Waals surface area contributed by atoms with Crippen LogP contribution in [0.15, 0.2) is 27.3 Å². The van der Waals surface area contributed by atoms with Crippen LogP contribution in [0.25, 0.3) is 11.6 Å². The van der Waals surface area contributed by atoms with Crippen LogP contribution < -0.4 is 0 Å². The zero-order valence-corrected chi connectivity index (χ0v) is 16.6. The van der Waals surface area contributed by atoms with Gasteiger partial charge in [0.05, 0.1) is 12.8 Å². The fraction of sp³-hybridized carbons (Fsp3) is 0.619. The molecule has 0 bridgehead atoms. The van der Waals surface area contributed by atoms with Crippen molar-refractivity contribution >= 4 is 0 Å². The third kappa shape index (κ3) is 3.10. The minimum absolute atomic E-state index is 0.431. The van der Waals surface area contributed by atoms with Gasteiger partial charge in [0.15, 0.2) is 5.76 Å². The van der Waals surface area contributed by atoms with Crippen molar-refractivity contribution in [3.63, 3.8) is 0 Å². The van der Waals surface area contributed by atoms with Crippen molar-refractivity contribution in [2.24, 2.45) is 5.41 Å². The third-order valence-corrected chi connectivity index (χ3v) is 7.06. The zero-order chi connectivity index (χ0) is 19.3. The zero-order valence-electron chi connectivity index (χ0n) is 16.6. The molecule has 8 heteroatoms. The Morgan fingerprint density at radius 1 is 1.10 bits per heavy atom. The lowest BCUT2D eigenvalue weighted by Gasteiger charge is -2.31. The lowest BCUT2D eigenvalue weighted by atomic mass is 9.90. The van der Waals surface area contributed by atoms with Crippen molar-refractivity contribution in [2.45, 2.75) is 64.0 Å². The van der Waals surface area contributed by atoms with E-state index in [2.05, 4.69) is 29.8 Å². The quantitative estimate of drug-likeness (QED) is 0.670. The molecule has 2 fully saturated rings. The van der Waals surface area contributed by atoms with E-state index in [1.165, 1.54) is 50.2 Å². The normalized spacial score (nSPS) is 23.8. The Labute approximate surface area is 169 Å². The van der Waals surface area contributed by atoms with E-state index in [4.69, 9.17) is 8.94 Å². The molecule has 152 valence electrons. The number of hydrogen-bond acceptors (Lipinski definition) is 7. The summed E-state index contributed by atoms with van der Waals surface area (Å²) in [5.41, 5.74) is 0.431. The monoisotopic (exact) mass is 394 g/mol. The topological polar surface area (TPSA) is 86.0 Å². The van der Waals surface area contributed by atoms with Gasteiger partial charge in [-0.15, -0.1) is 10.2 Å². The number of nitrogens with zero attached hydrogens (tertiary/aromatic N) is 6. The van der Waals surface area contributed by atoms with Crippen molar-refractivity contribution in [2.75, 3.05) is 13.1 Å². The van der Waals surface area contributed by atoms with Gasteiger partial charge in [-0.05, 0) is 62.7 Å². The Balaban J connectivity index is 1.09. The number of rotatable bonds is 4. The van der Waals surface area contributed by atoms with Crippen molar-refractivity contribution in [3.05, 3.63) is 35.9 Å². The van der Waals surface area contributed by atoms with Crippen LogP contribution in [0, 0.1) is 5.41 Å². The minimum Gasteiger partial charge on any atom is -0.461 e. The number of piperidine rings is 1. The molecule has 8 nitrogen and oxygen atoms in total. The second-order valence-corrected chi connectivity index (χ2v) is 8.82. The molecule has 1 unspecified atom stereocenters. The maximum absolute atomic E-state index is 5.43. The predicted octanol–water partition coefficient (Wildman–Crippen LogP) is 3.42. The van der Waals surface area contributed by atoms with Crippen LogP contribution in [0.5, 0.6) is 0 Å². The third-order valence-electron chi connectivity index (χ3n) is 7.06. The summed E-state index contributed by atoms with van der Waals surface area (Å²) in [5, 5.41) is 13.2. The summed E-state index contributed by atoms with van der Waals surface area (Å²) in [4.78, 5) is 6.90. The summed E-state index contributed by atoms with van der Waals surface area (Å²) in [6.07, 6.45) is 10.2.